The van der Waals surface area contributed by atoms with E-state index in [9.17, 15) is 0 Å². The van der Waals surface area contributed by atoms with Crippen molar-refractivity contribution in [3.8, 4) is 39.3 Å². The maximum Gasteiger partial charge on any atom is 0.136 e. The summed E-state index contributed by atoms with van der Waals surface area (Å²) in [5, 5.41) is 8.52. The van der Waals surface area contributed by atoms with E-state index in [1.54, 1.807) is 12.1 Å². The van der Waals surface area contributed by atoms with Crippen LogP contribution in [-0.2, 0) is 0 Å². The molecule has 4 aromatic heterocycles. The summed E-state index contributed by atoms with van der Waals surface area (Å²) >= 11 is 0. The molecule has 14 rings (SSSR count). The van der Waals surface area contributed by atoms with Gasteiger partial charge in [0.1, 0.15) is 11.2 Å². The van der Waals surface area contributed by atoms with Crippen molar-refractivity contribution >= 4 is 87.4 Å². The number of rotatable bonds is 5. The van der Waals surface area contributed by atoms with Crippen LogP contribution in [0.3, 0.4) is 0 Å². The van der Waals surface area contributed by atoms with Gasteiger partial charge in [0.05, 0.1) is 40.0 Å². The molecular formula is C60H37N3O. The topological polar surface area (TPSA) is 27.9 Å². The van der Waals surface area contributed by atoms with Gasteiger partial charge in [-0.2, -0.15) is 0 Å². The molecule has 4 nitrogen and oxygen atoms in total. The number of nitrogens with zero attached hydrogens (tertiary/aromatic N) is 3. The Bertz CT molecular complexity index is 4470. The molecule has 0 saturated carbocycles. The van der Waals surface area contributed by atoms with Crippen LogP contribution in [0.2, 0.25) is 0 Å². The molecule has 0 aliphatic heterocycles. The molecule has 4 heteroatoms. The lowest BCUT2D eigenvalue weighted by Crippen LogP contribution is -1.95. The molecule has 14 aromatic rings. The second-order valence-electron chi connectivity index (χ2n) is 16.5. The van der Waals surface area contributed by atoms with E-state index in [0.29, 0.717) is 22.1 Å². The van der Waals surface area contributed by atoms with E-state index in [1.165, 1.54) is 32.6 Å². The van der Waals surface area contributed by atoms with E-state index < -0.39 is 6.04 Å². The van der Waals surface area contributed by atoms with Gasteiger partial charge in [0.15, 0.2) is 0 Å². The molecular weight excluding hydrogens is 779 g/mol. The number of hydrogen-bond acceptors (Lipinski definition) is 1. The summed E-state index contributed by atoms with van der Waals surface area (Å²) in [7, 11) is 0. The van der Waals surface area contributed by atoms with Crippen molar-refractivity contribution in [1.82, 2.24) is 13.7 Å². The first-order chi connectivity index (χ1) is 33.8. The number of hydrogen-bond donors (Lipinski definition) is 0. The van der Waals surface area contributed by atoms with Crippen molar-refractivity contribution in [2.24, 2.45) is 0 Å². The number of aromatic nitrogens is 3. The minimum atomic E-state index is -0.419. The highest BCUT2D eigenvalue weighted by Gasteiger charge is 2.20. The Labute approximate surface area is 374 Å². The quantitative estimate of drug-likeness (QED) is 0.170. The minimum absolute atomic E-state index is 0.150. The molecule has 0 amide bonds. The number of para-hydroxylation sites is 4. The molecule has 10 aromatic carbocycles. The van der Waals surface area contributed by atoms with Gasteiger partial charge < -0.3 is 18.1 Å². The van der Waals surface area contributed by atoms with Gasteiger partial charge in [0.2, 0.25) is 0 Å². The predicted molar refractivity (Wildman–Crippen MR) is 268 cm³/mol. The zero-order valence-electron chi connectivity index (χ0n) is 39.2. The third-order valence-electron chi connectivity index (χ3n) is 13.1. The summed E-state index contributed by atoms with van der Waals surface area (Å²) in [6.45, 7) is 0. The zero-order chi connectivity index (χ0) is 46.2. The first kappa shape index (κ1) is 30.4. The molecule has 0 aliphatic carbocycles. The maximum atomic E-state index is 8.80. The van der Waals surface area contributed by atoms with Crippen molar-refractivity contribution in [2.45, 2.75) is 0 Å². The van der Waals surface area contributed by atoms with Gasteiger partial charge in [-0.15, -0.1) is 0 Å². The first-order valence-corrected chi connectivity index (χ1v) is 21.5. The Morgan fingerprint density at radius 2 is 0.797 bits per heavy atom. The van der Waals surface area contributed by atoms with E-state index in [-0.39, 0.29) is 29.7 Å². The normalized spacial score (nSPS) is 13.2. The van der Waals surface area contributed by atoms with Crippen LogP contribution >= 0.6 is 0 Å². The van der Waals surface area contributed by atoms with Crippen LogP contribution in [0.5, 0.6) is 0 Å². The van der Waals surface area contributed by atoms with Gasteiger partial charge in [0, 0.05) is 60.2 Å². The molecule has 0 spiro atoms. The molecule has 0 aliphatic rings. The van der Waals surface area contributed by atoms with E-state index in [2.05, 4.69) is 184 Å². The van der Waals surface area contributed by atoms with Gasteiger partial charge in [-0.3, -0.25) is 0 Å². The molecule has 64 heavy (non-hydrogen) atoms. The molecule has 0 radical (unpaired) electrons. The molecule has 0 saturated heterocycles. The highest BCUT2D eigenvalue weighted by Crippen LogP contribution is 2.42. The Kier molecular flexibility index (Phi) is 6.39. The molecule has 0 bridgehead atoms. The average Bonchev–Trinajstić information content (AvgIpc) is 4.13. The summed E-state index contributed by atoms with van der Waals surface area (Å²) < 4.78 is 56.0. The lowest BCUT2D eigenvalue weighted by atomic mass is 9.99. The summed E-state index contributed by atoms with van der Waals surface area (Å²) in [6, 6.07) is 66.7. The van der Waals surface area contributed by atoms with Crippen molar-refractivity contribution in [1.29, 1.82) is 0 Å². The van der Waals surface area contributed by atoms with Crippen molar-refractivity contribution in [3.05, 3.63) is 224 Å². The molecule has 4 heterocycles. The van der Waals surface area contributed by atoms with Crippen LogP contribution in [0.25, 0.3) is 127 Å². The molecule has 0 fully saturated rings. The molecule has 0 unspecified atom stereocenters. The van der Waals surface area contributed by atoms with Crippen molar-refractivity contribution in [2.75, 3.05) is 0 Å². The van der Waals surface area contributed by atoms with Gasteiger partial charge >= 0.3 is 0 Å². The summed E-state index contributed by atoms with van der Waals surface area (Å²) in [5.41, 5.74) is 14.0. The maximum absolute atomic E-state index is 8.80. The average molecular weight is 821 g/mol. The fourth-order valence-corrected chi connectivity index (χ4v) is 10.4. The molecule has 0 N–H and O–H groups in total. The van der Waals surface area contributed by atoms with Crippen LogP contribution < -0.4 is 0 Å². The van der Waals surface area contributed by atoms with E-state index in [1.807, 2.05) is 12.1 Å². The number of fused-ring (bicyclic) bond motifs is 12. The fourth-order valence-electron chi connectivity index (χ4n) is 10.4. The number of benzene rings is 10. The van der Waals surface area contributed by atoms with E-state index in [4.69, 9.17) is 11.3 Å². The zero-order valence-corrected chi connectivity index (χ0v) is 34.2. The standard InChI is InChI=1S/C60H37N3O/c1-3-14-38(15-4-1)44-21-13-25-59-60(44)51-37-43(29-33-58(51)64-59)63-54-24-12-8-19-46(54)49-35-40(27-31-56(49)63)39-26-30-55-48(34-39)45-18-7-11-23-53(45)62(55)42-28-32-57-50(36-42)47-20-9-10-22-52(47)61(57)41-16-5-2-6-17-41/h1-37H/i1D,3D,4D,14D,15D. The van der Waals surface area contributed by atoms with Crippen molar-refractivity contribution < 1.29 is 11.3 Å². The molecule has 298 valence electrons. The lowest BCUT2D eigenvalue weighted by molar-refractivity contribution is 0.669. The fraction of sp³-hybridized carbons (Fsp3) is 0. The van der Waals surface area contributed by atoms with Gasteiger partial charge in [-0.05, 0) is 119 Å². The summed E-state index contributed by atoms with van der Waals surface area (Å²) in [5.74, 6) is 0. The third kappa shape index (κ3) is 5.05. The van der Waals surface area contributed by atoms with Gasteiger partial charge in [0.25, 0.3) is 0 Å². The van der Waals surface area contributed by atoms with Gasteiger partial charge in [-0.1, -0.05) is 127 Å². The highest BCUT2D eigenvalue weighted by molar-refractivity contribution is 6.16. The Hall–Kier alpha value is -8.60. The lowest BCUT2D eigenvalue weighted by Gasteiger charge is -2.11. The third-order valence-corrected chi connectivity index (χ3v) is 13.1. The summed E-state index contributed by atoms with van der Waals surface area (Å²) in [4.78, 5) is 0. The van der Waals surface area contributed by atoms with Crippen LogP contribution in [0.4, 0.5) is 0 Å². The first-order valence-electron chi connectivity index (χ1n) is 24.0. The van der Waals surface area contributed by atoms with Crippen LogP contribution in [0.1, 0.15) is 6.85 Å². The summed E-state index contributed by atoms with van der Waals surface area (Å²) in [6.07, 6.45) is 0. The minimum Gasteiger partial charge on any atom is -0.456 e. The second kappa shape index (κ2) is 13.4. The Morgan fingerprint density at radius 3 is 1.41 bits per heavy atom. The smallest absolute Gasteiger partial charge is 0.136 e. The number of furan rings is 1. The SMILES string of the molecule is [2H]c1c([2H])c([2H])c(-c2cccc3oc4ccc(-n5c6ccccc6c6cc(-c7ccc8c(c7)c7ccccc7n8-c7ccc8c(c7)c7ccccc7n8-c7ccccc7)ccc65)cc4c23)c([2H])c1[2H]. The predicted octanol–water partition coefficient (Wildman–Crippen LogP) is 16.2. The second-order valence-corrected chi connectivity index (χ2v) is 16.5. The van der Waals surface area contributed by atoms with Gasteiger partial charge in [-0.25, -0.2) is 0 Å². The van der Waals surface area contributed by atoms with Crippen LogP contribution in [-0.4, -0.2) is 13.7 Å². The highest BCUT2D eigenvalue weighted by atomic mass is 16.3. The largest absolute Gasteiger partial charge is 0.456 e. The monoisotopic (exact) mass is 820 g/mol. The van der Waals surface area contributed by atoms with Crippen molar-refractivity contribution in [3.63, 3.8) is 0 Å². The Morgan fingerprint density at radius 1 is 0.312 bits per heavy atom. The van der Waals surface area contributed by atoms with E-state index >= 15 is 0 Å². The van der Waals surface area contributed by atoms with Crippen LogP contribution in [0.15, 0.2) is 229 Å². The Balaban J connectivity index is 0.912. The van der Waals surface area contributed by atoms with E-state index in [0.717, 1.165) is 66.4 Å². The molecule has 0 atom stereocenters. The van der Waals surface area contributed by atoms with Crippen LogP contribution in [0, 0.1) is 0 Å².